The first-order valence-electron chi connectivity index (χ1n) is 6.12. The van der Waals surface area contributed by atoms with Crippen molar-refractivity contribution in [2.45, 2.75) is 25.0 Å². The van der Waals surface area contributed by atoms with Gasteiger partial charge in [-0.3, -0.25) is 0 Å². The van der Waals surface area contributed by atoms with E-state index in [1.54, 1.807) is 0 Å². The molecule has 1 heterocycles. The van der Waals surface area contributed by atoms with Crippen LogP contribution in [0, 0.1) is 23.7 Å². The molecule has 1 unspecified atom stereocenters. The predicted octanol–water partition coefficient (Wildman–Crippen LogP) is 3.62. The standard InChI is InChI=1S/C14H18Cl2O/c1-7-8(2)12-10(6-16)9(5-15)11(7)14(12)13(3,4)17-14/h9-12H,1-2,5-6H2,3-4H3/t9-,10+,11+,12-,14?. The van der Waals surface area contributed by atoms with Gasteiger partial charge < -0.3 is 4.74 Å². The second-order valence-corrected chi connectivity index (χ2v) is 6.66. The zero-order valence-corrected chi connectivity index (χ0v) is 11.8. The van der Waals surface area contributed by atoms with Crippen LogP contribution in [0.4, 0.5) is 0 Å². The van der Waals surface area contributed by atoms with Crippen LogP contribution < -0.4 is 0 Å². The molecule has 1 aliphatic heterocycles. The summed E-state index contributed by atoms with van der Waals surface area (Å²) < 4.78 is 6.11. The van der Waals surface area contributed by atoms with Gasteiger partial charge in [0.15, 0.2) is 0 Å². The van der Waals surface area contributed by atoms with E-state index in [9.17, 15) is 0 Å². The molecule has 0 N–H and O–H groups in total. The predicted molar refractivity (Wildman–Crippen MR) is 71.6 cm³/mol. The number of hydrogen-bond acceptors (Lipinski definition) is 1. The summed E-state index contributed by atoms with van der Waals surface area (Å²) >= 11 is 12.3. The van der Waals surface area contributed by atoms with E-state index in [2.05, 4.69) is 27.0 Å². The van der Waals surface area contributed by atoms with Gasteiger partial charge in [0.05, 0.1) is 5.60 Å². The zero-order chi connectivity index (χ0) is 12.6. The summed E-state index contributed by atoms with van der Waals surface area (Å²) in [5.41, 5.74) is 2.09. The summed E-state index contributed by atoms with van der Waals surface area (Å²) in [4.78, 5) is 0. The minimum atomic E-state index is -0.111. The maximum absolute atomic E-state index is 6.15. The maximum atomic E-state index is 6.15. The van der Waals surface area contributed by atoms with Crippen molar-refractivity contribution in [3.63, 3.8) is 0 Å². The van der Waals surface area contributed by atoms with E-state index in [1.807, 2.05) is 0 Å². The van der Waals surface area contributed by atoms with Gasteiger partial charge in [0, 0.05) is 23.6 Å². The third kappa shape index (κ3) is 1.12. The van der Waals surface area contributed by atoms with Crippen LogP contribution in [0.3, 0.4) is 0 Å². The fourth-order valence-electron chi connectivity index (χ4n) is 4.44. The Morgan fingerprint density at radius 2 is 1.41 bits per heavy atom. The van der Waals surface area contributed by atoms with Crippen molar-refractivity contribution in [3.05, 3.63) is 24.3 Å². The molecule has 2 saturated carbocycles. The summed E-state index contributed by atoms with van der Waals surface area (Å²) in [5.74, 6) is 2.67. The van der Waals surface area contributed by atoms with E-state index in [4.69, 9.17) is 27.9 Å². The van der Waals surface area contributed by atoms with Crippen LogP contribution in [0.2, 0.25) is 0 Å². The Kier molecular flexibility index (Phi) is 2.35. The van der Waals surface area contributed by atoms with Crippen molar-refractivity contribution < 1.29 is 4.74 Å². The fraction of sp³-hybridized carbons (Fsp3) is 0.714. The van der Waals surface area contributed by atoms with Crippen LogP contribution in [0.15, 0.2) is 24.3 Å². The highest BCUT2D eigenvalue weighted by atomic mass is 35.5. The summed E-state index contributed by atoms with van der Waals surface area (Å²) in [5, 5.41) is 0. The van der Waals surface area contributed by atoms with Crippen molar-refractivity contribution in [2.24, 2.45) is 23.7 Å². The quantitative estimate of drug-likeness (QED) is 0.553. The van der Waals surface area contributed by atoms with Crippen molar-refractivity contribution in [3.8, 4) is 0 Å². The van der Waals surface area contributed by atoms with Crippen LogP contribution in [0.25, 0.3) is 0 Å². The van der Waals surface area contributed by atoms with Crippen LogP contribution in [0.1, 0.15) is 13.8 Å². The first-order valence-corrected chi connectivity index (χ1v) is 7.19. The Labute approximate surface area is 113 Å². The smallest absolute Gasteiger partial charge is 0.112 e. The lowest BCUT2D eigenvalue weighted by atomic mass is 9.77. The molecule has 0 aromatic heterocycles. The number of epoxide rings is 1. The van der Waals surface area contributed by atoms with Crippen LogP contribution in [-0.4, -0.2) is 23.0 Å². The van der Waals surface area contributed by atoms with Gasteiger partial charge in [-0.2, -0.15) is 0 Å². The Hall–Kier alpha value is 0.0200. The van der Waals surface area contributed by atoms with Crippen molar-refractivity contribution in [1.82, 2.24) is 0 Å². The molecule has 0 aromatic rings. The average molecular weight is 273 g/mol. The minimum absolute atomic E-state index is 0.0875. The molecule has 3 fully saturated rings. The average Bonchev–Trinajstić information content (AvgIpc) is 2.62. The Morgan fingerprint density at radius 1 is 1.06 bits per heavy atom. The maximum Gasteiger partial charge on any atom is 0.112 e. The topological polar surface area (TPSA) is 12.5 Å². The van der Waals surface area contributed by atoms with E-state index < -0.39 is 0 Å². The van der Waals surface area contributed by atoms with Gasteiger partial charge >= 0.3 is 0 Å². The second-order valence-electron chi connectivity index (χ2n) is 6.05. The van der Waals surface area contributed by atoms with Crippen LogP contribution >= 0.6 is 23.2 Å². The molecule has 2 aliphatic carbocycles. The molecule has 0 aromatic carbocycles. The third-order valence-electron chi connectivity index (χ3n) is 5.17. The van der Waals surface area contributed by atoms with Crippen molar-refractivity contribution in [1.29, 1.82) is 0 Å². The third-order valence-corrected chi connectivity index (χ3v) is 5.89. The van der Waals surface area contributed by atoms with E-state index in [0.29, 0.717) is 35.4 Å². The normalized spacial score (nSPS) is 50.4. The minimum Gasteiger partial charge on any atom is -0.362 e. The summed E-state index contributed by atoms with van der Waals surface area (Å²) in [6.45, 7) is 12.7. The van der Waals surface area contributed by atoms with Crippen LogP contribution in [0.5, 0.6) is 0 Å². The van der Waals surface area contributed by atoms with Gasteiger partial charge in [0.25, 0.3) is 0 Å². The highest BCUT2D eigenvalue weighted by Crippen LogP contribution is 2.75. The number of ether oxygens (including phenoxy) is 1. The van der Waals surface area contributed by atoms with Crippen molar-refractivity contribution >= 4 is 23.2 Å². The lowest BCUT2D eigenvalue weighted by molar-refractivity contribution is 0.235. The first kappa shape index (κ1) is 12.1. The summed E-state index contributed by atoms with van der Waals surface area (Å²) in [6, 6.07) is 0. The highest BCUT2D eigenvalue weighted by Gasteiger charge is 2.81. The first-order chi connectivity index (χ1) is 7.92. The summed E-state index contributed by atoms with van der Waals surface area (Å²) in [7, 11) is 0. The Morgan fingerprint density at radius 3 is 1.65 bits per heavy atom. The van der Waals surface area contributed by atoms with E-state index in [-0.39, 0.29) is 11.2 Å². The van der Waals surface area contributed by atoms with Gasteiger partial charge in [-0.15, -0.1) is 23.2 Å². The van der Waals surface area contributed by atoms with Gasteiger partial charge in [-0.1, -0.05) is 13.2 Å². The lowest BCUT2D eigenvalue weighted by Crippen LogP contribution is -2.28. The molecule has 94 valence electrons. The highest BCUT2D eigenvalue weighted by molar-refractivity contribution is 6.19. The molecule has 3 rings (SSSR count). The second kappa shape index (κ2) is 3.31. The molecule has 1 nitrogen and oxygen atoms in total. The molecule has 3 aliphatic rings. The SMILES string of the molecule is C=C1C(=C)[C@H]2[C@H](CCl)[C@H](CCl)[C@@H]1C21OC1(C)C. The molecule has 0 amide bonds. The van der Waals surface area contributed by atoms with Crippen LogP contribution in [-0.2, 0) is 4.74 Å². The van der Waals surface area contributed by atoms with E-state index >= 15 is 0 Å². The van der Waals surface area contributed by atoms with Gasteiger partial charge in [0.1, 0.15) is 5.60 Å². The molecule has 0 radical (unpaired) electrons. The molecule has 1 saturated heterocycles. The largest absolute Gasteiger partial charge is 0.362 e. The van der Waals surface area contributed by atoms with Gasteiger partial charge in [-0.05, 0) is 36.8 Å². The molecule has 1 spiro atoms. The van der Waals surface area contributed by atoms with E-state index in [1.165, 1.54) is 0 Å². The molecular weight excluding hydrogens is 255 g/mol. The van der Waals surface area contributed by atoms with Gasteiger partial charge in [0.2, 0.25) is 0 Å². The Balaban J connectivity index is 2.10. The Bertz CT molecular complexity index is 384. The van der Waals surface area contributed by atoms with E-state index in [0.717, 1.165) is 11.1 Å². The number of alkyl halides is 2. The molecule has 5 atom stereocenters. The van der Waals surface area contributed by atoms with Crippen molar-refractivity contribution in [2.75, 3.05) is 11.8 Å². The lowest BCUT2D eigenvalue weighted by Gasteiger charge is -2.30. The summed E-state index contributed by atoms with van der Waals surface area (Å²) in [6.07, 6.45) is 0. The molecule has 2 bridgehead atoms. The molecule has 17 heavy (non-hydrogen) atoms. The number of halogens is 2. The molecule has 3 heteroatoms. The zero-order valence-electron chi connectivity index (χ0n) is 10.3. The number of hydrogen-bond donors (Lipinski definition) is 0. The fourth-order valence-corrected chi connectivity index (χ4v) is 5.25. The monoisotopic (exact) mass is 272 g/mol. The number of rotatable bonds is 2. The molecular formula is C14H18Cl2O. The van der Waals surface area contributed by atoms with Gasteiger partial charge in [-0.25, -0.2) is 0 Å².